The van der Waals surface area contributed by atoms with E-state index in [1.165, 1.54) is 11.1 Å². The molecule has 2 aromatic rings. The lowest BCUT2D eigenvalue weighted by atomic mass is 9.92. The molecule has 31 heavy (non-hydrogen) atoms. The van der Waals surface area contributed by atoms with Gasteiger partial charge in [0.05, 0.1) is 12.1 Å². The van der Waals surface area contributed by atoms with Crippen molar-refractivity contribution in [2.24, 2.45) is 0 Å². The Hall–Kier alpha value is -2.53. The molecular weight excluding hydrogens is 388 g/mol. The molecular formula is C26H32N2O3. The second kappa shape index (κ2) is 9.31. The summed E-state index contributed by atoms with van der Waals surface area (Å²) in [5.74, 6) is 2.08. The lowest BCUT2D eigenvalue weighted by molar-refractivity contribution is -0.123. The number of fused-ring (bicyclic) bond motifs is 1. The Balaban J connectivity index is 1.12. The Labute approximate surface area is 184 Å². The summed E-state index contributed by atoms with van der Waals surface area (Å²) in [6.45, 7) is 0.956. The number of rotatable bonds is 5. The van der Waals surface area contributed by atoms with Crippen molar-refractivity contribution >= 4 is 5.91 Å². The van der Waals surface area contributed by atoms with Gasteiger partial charge in [-0.15, -0.1) is 0 Å². The standard InChI is InChI=1S/C26H32N2O3/c29-26(23-7-4-16-27-23)28-20-9-11-21(12-10-20)30-22-13-15-25-19(17-22)8-14-24(31-25)18-5-2-1-3-6-18/h1-3,5-6,13,15,17,20-21,23-24,27H,4,7-12,14,16H2,(H,28,29)/t20?,21?,23?,24-/m0/s1. The van der Waals surface area contributed by atoms with Gasteiger partial charge < -0.3 is 20.1 Å². The molecule has 164 valence electrons. The van der Waals surface area contributed by atoms with E-state index in [4.69, 9.17) is 9.47 Å². The molecule has 5 nitrogen and oxygen atoms in total. The van der Waals surface area contributed by atoms with Gasteiger partial charge in [-0.2, -0.15) is 0 Å². The van der Waals surface area contributed by atoms with Crippen LogP contribution in [0.4, 0.5) is 0 Å². The first-order chi connectivity index (χ1) is 15.2. The van der Waals surface area contributed by atoms with Crippen LogP contribution < -0.4 is 20.1 Å². The van der Waals surface area contributed by atoms with Crippen LogP contribution in [0, 0.1) is 0 Å². The van der Waals surface area contributed by atoms with E-state index < -0.39 is 0 Å². The lowest BCUT2D eigenvalue weighted by Crippen LogP contribution is -2.47. The van der Waals surface area contributed by atoms with Crippen LogP contribution in [-0.2, 0) is 11.2 Å². The summed E-state index contributed by atoms with van der Waals surface area (Å²) in [6, 6.07) is 17.0. The minimum absolute atomic E-state index is 0.00757. The molecule has 0 radical (unpaired) electrons. The molecule has 2 atom stereocenters. The number of carbonyl (C=O) groups is 1. The number of ether oxygens (including phenoxy) is 2. The zero-order chi connectivity index (χ0) is 21.0. The fourth-order valence-corrected chi connectivity index (χ4v) is 5.07. The van der Waals surface area contributed by atoms with E-state index in [0.29, 0.717) is 0 Å². The van der Waals surface area contributed by atoms with Crippen molar-refractivity contribution in [2.45, 2.75) is 75.7 Å². The number of aryl methyl sites for hydroxylation is 1. The van der Waals surface area contributed by atoms with Crippen LogP contribution in [0.3, 0.4) is 0 Å². The first-order valence-corrected chi connectivity index (χ1v) is 11.8. The minimum atomic E-state index is 0.00757. The predicted molar refractivity (Wildman–Crippen MR) is 120 cm³/mol. The number of amides is 1. The van der Waals surface area contributed by atoms with Gasteiger partial charge in [-0.05, 0) is 87.2 Å². The van der Waals surface area contributed by atoms with Crippen molar-refractivity contribution in [2.75, 3.05) is 6.54 Å². The largest absolute Gasteiger partial charge is 0.490 e. The van der Waals surface area contributed by atoms with Crippen LogP contribution in [0.1, 0.15) is 62.2 Å². The third-order valence-corrected chi connectivity index (χ3v) is 6.85. The molecule has 3 aliphatic rings. The fourth-order valence-electron chi connectivity index (χ4n) is 5.07. The maximum absolute atomic E-state index is 12.3. The highest BCUT2D eigenvalue weighted by atomic mass is 16.5. The van der Waals surface area contributed by atoms with Gasteiger partial charge in [-0.1, -0.05) is 30.3 Å². The first-order valence-electron chi connectivity index (χ1n) is 11.8. The molecule has 2 aromatic carbocycles. The molecule has 5 heteroatoms. The van der Waals surface area contributed by atoms with E-state index in [1.807, 2.05) is 12.1 Å². The molecule has 1 unspecified atom stereocenters. The van der Waals surface area contributed by atoms with E-state index in [2.05, 4.69) is 47.0 Å². The quantitative estimate of drug-likeness (QED) is 0.757. The van der Waals surface area contributed by atoms with E-state index in [1.54, 1.807) is 0 Å². The Bertz CT molecular complexity index is 887. The molecule has 1 saturated heterocycles. The van der Waals surface area contributed by atoms with Gasteiger partial charge in [-0.25, -0.2) is 0 Å². The van der Waals surface area contributed by atoms with Crippen LogP contribution in [0.2, 0.25) is 0 Å². The molecule has 1 aliphatic carbocycles. The summed E-state index contributed by atoms with van der Waals surface area (Å²) in [5.41, 5.74) is 2.47. The molecule has 1 saturated carbocycles. The lowest BCUT2D eigenvalue weighted by Gasteiger charge is -2.31. The third-order valence-electron chi connectivity index (χ3n) is 6.85. The molecule has 0 spiro atoms. The van der Waals surface area contributed by atoms with Crippen LogP contribution in [0.15, 0.2) is 48.5 Å². The molecule has 1 amide bonds. The molecule has 2 aliphatic heterocycles. The highest BCUT2D eigenvalue weighted by Crippen LogP contribution is 2.37. The number of hydrogen-bond donors (Lipinski definition) is 2. The summed E-state index contributed by atoms with van der Waals surface area (Å²) in [4.78, 5) is 12.3. The van der Waals surface area contributed by atoms with Gasteiger partial charge in [0.2, 0.25) is 5.91 Å². The highest BCUT2D eigenvalue weighted by molar-refractivity contribution is 5.82. The van der Waals surface area contributed by atoms with Gasteiger partial charge in [0, 0.05) is 6.04 Å². The van der Waals surface area contributed by atoms with Crippen LogP contribution in [0.25, 0.3) is 0 Å². The van der Waals surface area contributed by atoms with Crippen LogP contribution >= 0.6 is 0 Å². The average molecular weight is 421 g/mol. The molecule has 5 rings (SSSR count). The monoisotopic (exact) mass is 420 g/mol. The first kappa shape index (κ1) is 20.4. The van der Waals surface area contributed by atoms with Gasteiger partial charge in [0.1, 0.15) is 17.6 Å². The molecule has 2 heterocycles. The van der Waals surface area contributed by atoms with Crippen LogP contribution in [0.5, 0.6) is 11.5 Å². The number of carbonyl (C=O) groups excluding carboxylic acids is 1. The Morgan fingerprint density at radius 2 is 1.84 bits per heavy atom. The minimum Gasteiger partial charge on any atom is -0.490 e. The van der Waals surface area contributed by atoms with E-state index in [-0.39, 0.29) is 30.2 Å². The van der Waals surface area contributed by atoms with E-state index >= 15 is 0 Å². The Morgan fingerprint density at radius 3 is 2.61 bits per heavy atom. The normalized spacial score (nSPS) is 27.7. The molecule has 0 bridgehead atoms. The zero-order valence-corrected chi connectivity index (χ0v) is 18.0. The van der Waals surface area contributed by atoms with Crippen molar-refractivity contribution in [1.29, 1.82) is 0 Å². The average Bonchev–Trinajstić information content (AvgIpc) is 3.36. The summed E-state index contributed by atoms with van der Waals surface area (Å²) < 4.78 is 12.6. The van der Waals surface area contributed by atoms with Gasteiger partial charge in [0.15, 0.2) is 0 Å². The second-order valence-electron chi connectivity index (χ2n) is 9.07. The smallest absolute Gasteiger partial charge is 0.237 e. The molecule has 2 N–H and O–H groups in total. The van der Waals surface area contributed by atoms with Gasteiger partial charge in [-0.3, -0.25) is 4.79 Å². The summed E-state index contributed by atoms with van der Waals surface area (Å²) >= 11 is 0. The summed E-state index contributed by atoms with van der Waals surface area (Å²) in [7, 11) is 0. The Morgan fingerprint density at radius 1 is 1.00 bits per heavy atom. The van der Waals surface area contributed by atoms with Crippen molar-refractivity contribution in [3.63, 3.8) is 0 Å². The maximum Gasteiger partial charge on any atom is 0.237 e. The van der Waals surface area contributed by atoms with E-state index in [0.717, 1.165) is 69.4 Å². The third kappa shape index (κ3) is 4.87. The van der Waals surface area contributed by atoms with Gasteiger partial charge in [0.25, 0.3) is 0 Å². The summed E-state index contributed by atoms with van der Waals surface area (Å²) in [6.07, 6.45) is 8.31. The topological polar surface area (TPSA) is 59.6 Å². The fraction of sp³-hybridized carbons (Fsp3) is 0.500. The number of benzene rings is 2. The van der Waals surface area contributed by atoms with E-state index in [9.17, 15) is 4.79 Å². The highest BCUT2D eigenvalue weighted by Gasteiger charge is 2.28. The second-order valence-corrected chi connectivity index (χ2v) is 9.07. The maximum atomic E-state index is 12.3. The molecule has 0 aromatic heterocycles. The molecule has 2 fully saturated rings. The SMILES string of the molecule is O=C(NC1CCC(Oc2ccc3c(c2)CC[C@@H](c2ccccc2)O3)CC1)C1CCCN1. The summed E-state index contributed by atoms with van der Waals surface area (Å²) in [5, 5.41) is 6.51. The Kier molecular flexibility index (Phi) is 6.12. The predicted octanol–water partition coefficient (Wildman–Crippen LogP) is 4.31. The zero-order valence-electron chi connectivity index (χ0n) is 18.0. The van der Waals surface area contributed by atoms with Crippen molar-refractivity contribution in [3.8, 4) is 11.5 Å². The number of hydrogen-bond acceptors (Lipinski definition) is 4. The van der Waals surface area contributed by atoms with Gasteiger partial charge >= 0.3 is 0 Å². The van der Waals surface area contributed by atoms with Crippen molar-refractivity contribution in [3.05, 3.63) is 59.7 Å². The van der Waals surface area contributed by atoms with Crippen LogP contribution in [-0.4, -0.2) is 30.6 Å². The van der Waals surface area contributed by atoms with Crippen molar-refractivity contribution < 1.29 is 14.3 Å². The number of nitrogens with one attached hydrogen (secondary N) is 2. The van der Waals surface area contributed by atoms with Crippen molar-refractivity contribution in [1.82, 2.24) is 10.6 Å².